The smallest absolute Gasteiger partial charge is 0.261 e. The van der Waals surface area contributed by atoms with Gasteiger partial charge in [-0.2, -0.15) is 10.1 Å². The summed E-state index contributed by atoms with van der Waals surface area (Å²) in [6.07, 6.45) is 3.58. The van der Waals surface area contributed by atoms with Crippen LogP contribution in [0.1, 0.15) is 11.9 Å². The Morgan fingerprint density at radius 2 is 2.08 bits per heavy atom. The molecule has 1 aromatic carbocycles. The first-order valence-electron chi connectivity index (χ1n) is 7.76. The maximum Gasteiger partial charge on any atom is 0.261 e. The molecular weight excluding hydrogens is 363 g/mol. The molecular formula is C16H18Cl2N6O. The van der Waals surface area contributed by atoms with E-state index in [1.54, 1.807) is 10.9 Å². The standard InChI is InChI=1S/C16H17ClN6O.ClH/c1-22-7-6-18-9-14(22)15-20-16(24-21-15)11-8-19-23(10-11)13-4-2-12(17)3-5-13;/h2-5,8,10,14,18H,6-7,9H2,1H3;1H. The third-order valence-corrected chi connectivity index (χ3v) is 4.42. The Bertz CT molecular complexity index is 831. The van der Waals surface area contributed by atoms with E-state index in [0.717, 1.165) is 30.9 Å². The van der Waals surface area contributed by atoms with Gasteiger partial charge in [0, 0.05) is 30.9 Å². The van der Waals surface area contributed by atoms with Crippen molar-refractivity contribution in [3.8, 4) is 17.1 Å². The summed E-state index contributed by atoms with van der Waals surface area (Å²) in [6.45, 7) is 2.76. The van der Waals surface area contributed by atoms with Crippen LogP contribution in [0.15, 0.2) is 41.2 Å². The van der Waals surface area contributed by atoms with Gasteiger partial charge in [0.05, 0.1) is 23.5 Å². The molecule has 0 radical (unpaired) electrons. The van der Waals surface area contributed by atoms with Crippen molar-refractivity contribution in [2.24, 2.45) is 0 Å². The molecule has 3 aromatic rings. The molecule has 0 aliphatic carbocycles. The van der Waals surface area contributed by atoms with E-state index in [4.69, 9.17) is 16.1 Å². The number of piperazine rings is 1. The lowest BCUT2D eigenvalue weighted by molar-refractivity contribution is 0.190. The zero-order valence-electron chi connectivity index (χ0n) is 13.6. The first kappa shape index (κ1) is 17.9. The van der Waals surface area contributed by atoms with Gasteiger partial charge >= 0.3 is 0 Å². The lowest BCUT2D eigenvalue weighted by Crippen LogP contribution is -2.44. The molecule has 132 valence electrons. The van der Waals surface area contributed by atoms with Gasteiger partial charge in [-0.25, -0.2) is 4.68 Å². The van der Waals surface area contributed by atoms with Crippen LogP contribution in [0.5, 0.6) is 0 Å². The van der Waals surface area contributed by atoms with E-state index in [0.29, 0.717) is 16.7 Å². The lowest BCUT2D eigenvalue weighted by atomic mass is 10.2. The maximum absolute atomic E-state index is 5.92. The first-order valence-corrected chi connectivity index (χ1v) is 8.14. The average molecular weight is 381 g/mol. The van der Waals surface area contributed by atoms with E-state index in [-0.39, 0.29) is 18.4 Å². The monoisotopic (exact) mass is 380 g/mol. The molecule has 9 heteroatoms. The highest BCUT2D eigenvalue weighted by atomic mass is 35.5. The molecule has 1 unspecified atom stereocenters. The molecule has 3 heterocycles. The van der Waals surface area contributed by atoms with E-state index >= 15 is 0 Å². The van der Waals surface area contributed by atoms with Gasteiger partial charge in [0.25, 0.3) is 5.89 Å². The molecule has 4 rings (SSSR count). The summed E-state index contributed by atoms with van der Waals surface area (Å²) in [6, 6.07) is 7.59. The van der Waals surface area contributed by atoms with Crippen molar-refractivity contribution in [3.63, 3.8) is 0 Å². The fourth-order valence-corrected chi connectivity index (χ4v) is 2.88. The molecule has 0 saturated carbocycles. The zero-order chi connectivity index (χ0) is 16.5. The Morgan fingerprint density at radius 3 is 2.84 bits per heavy atom. The van der Waals surface area contributed by atoms with Crippen LogP contribution in [0.3, 0.4) is 0 Å². The number of nitrogens with one attached hydrogen (secondary N) is 1. The van der Waals surface area contributed by atoms with Gasteiger partial charge in [-0.05, 0) is 31.3 Å². The highest BCUT2D eigenvalue weighted by Gasteiger charge is 2.25. The fraction of sp³-hybridized carbons (Fsp3) is 0.312. The summed E-state index contributed by atoms with van der Waals surface area (Å²) in [5.74, 6) is 1.17. The van der Waals surface area contributed by atoms with Gasteiger partial charge in [0.1, 0.15) is 0 Å². The third-order valence-electron chi connectivity index (χ3n) is 4.17. The van der Waals surface area contributed by atoms with Gasteiger partial charge in [0.15, 0.2) is 5.82 Å². The van der Waals surface area contributed by atoms with Crippen LogP contribution in [-0.4, -0.2) is 51.5 Å². The largest absolute Gasteiger partial charge is 0.334 e. The second-order valence-corrected chi connectivity index (χ2v) is 6.24. The second-order valence-electron chi connectivity index (χ2n) is 5.81. The van der Waals surface area contributed by atoms with Crippen LogP contribution in [0.4, 0.5) is 0 Å². The molecule has 1 aliphatic rings. The molecule has 1 atom stereocenters. The summed E-state index contributed by atoms with van der Waals surface area (Å²) < 4.78 is 7.18. The van der Waals surface area contributed by atoms with Crippen LogP contribution in [-0.2, 0) is 0 Å². The van der Waals surface area contributed by atoms with Gasteiger partial charge < -0.3 is 9.84 Å². The van der Waals surface area contributed by atoms with Crippen molar-refractivity contribution in [1.29, 1.82) is 0 Å². The fourth-order valence-electron chi connectivity index (χ4n) is 2.75. The summed E-state index contributed by atoms with van der Waals surface area (Å²) in [5.41, 5.74) is 1.71. The highest BCUT2D eigenvalue weighted by molar-refractivity contribution is 6.30. The van der Waals surface area contributed by atoms with Gasteiger partial charge in [0.2, 0.25) is 0 Å². The van der Waals surface area contributed by atoms with Crippen LogP contribution < -0.4 is 5.32 Å². The average Bonchev–Trinajstić information content (AvgIpc) is 3.25. The molecule has 1 N–H and O–H groups in total. The van der Waals surface area contributed by atoms with E-state index in [1.165, 1.54) is 0 Å². The van der Waals surface area contributed by atoms with Crippen LogP contribution >= 0.6 is 24.0 Å². The van der Waals surface area contributed by atoms with Crippen molar-refractivity contribution in [3.05, 3.63) is 47.5 Å². The molecule has 1 fully saturated rings. The van der Waals surface area contributed by atoms with Crippen LogP contribution in [0.25, 0.3) is 17.1 Å². The van der Waals surface area contributed by atoms with Gasteiger partial charge in [-0.15, -0.1) is 12.4 Å². The maximum atomic E-state index is 5.92. The van der Waals surface area contributed by atoms with Crippen molar-refractivity contribution < 1.29 is 4.52 Å². The van der Waals surface area contributed by atoms with Crippen LogP contribution in [0, 0.1) is 0 Å². The third kappa shape index (κ3) is 3.69. The van der Waals surface area contributed by atoms with Crippen molar-refractivity contribution in [2.75, 3.05) is 26.7 Å². The van der Waals surface area contributed by atoms with Crippen LogP contribution in [0.2, 0.25) is 5.02 Å². The number of benzene rings is 1. The van der Waals surface area contributed by atoms with E-state index in [2.05, 4.69) is 32.5 Å². The molecule has 2 aromatic heterocycles. The lowest BCUT2D eigenvalue weighted by Gasteiger charge is -2.30. The van der Waals surface area contributed by atoms with E-state index < -0.39 is 0 Å². The number of hydrogen-bond donors (Lipinski definition) is 1. The molecule has 0 spiro atoms. The van der Waals surface area contributed by atoms with E-state index in [9.17, 15) is 0 Å². The number of nitrogens with zero attached hydrogens (tertiary/aromatic N) is 5. The van der Waals surface area contributed by atoms with E-state index in [1.807, 2.05) is 30.5 Å². The quantitative estimate of drug-likeness (QED) is 0.752. The Hall–Kier alpha value is -1.93. The minimum atomic E-state index is 0. The number of halogens is 2. The van der Waals surface area contributed by atoms with Crippen molar-refractivity contribution in [1.82, 2.24) is 30.1 Å². The minimum Gasteiger partial charge on any atom is -0.334 e. The normalized spacial score (nSPS) is 18.1. The minimum absolute atomic E-state index is 0. The number of aromatic nitrogens is 4. The summed E-state index contributed by atoms with van der Waals surface area (Å²) >= 11 is 5.92. The summed E-state index contributed by atoms with van der Waals surface area (Å²) in [7, 11) is 2.07. The molecule has 7 nitrogen and oxygen atoms in total. The predicted molar refractivity (Wildman–Crippen MR) is 97.4 cm³/mol. The summed E-state index contributed by atoms with van der Waals surface area (Å²) in [4.78, 5) is 6.77. The number of hydrogen-bond acceptors (Lipinski definition) is 6. The predicted octanol–water partition coefficient (Wildman–Crippen LogP) is 2.57. The Morgan fingerprint density at radius 1 is 1.28 bits per heavy atom. The zero-order valence-corrected chi connectivity index (χ0v) is 15.2. The molecule has 1 aliphatic heterocycles. The molecule has 1 saturated heterocycles. The second kappa shape index (κ2) is 7.53. The molecule has 0 bridgehead atoms. The molecule has 25 heavy (non-hydrogen) atoms. The Labute approximate surface area is 156 Å². The topological polar surface area (TPSA) is 72.0 Å². The molecule has 0 amide bonds. The Balaban J connectivity index is 0.00000182. The Kier molecular flexibility index (Phi) is 5.39. The first-order chi connectivity index (χ1) is 11.7. The van der Waals surface area contributed by atoms with Crippen molar-refractivity contribution >= 4 is 24.0 Å². The SMILES string of the molecule is CN1CCNCC1c1noc(-c2cnn(-c3ccc(Cl)cc3)c2)n1.Cl. The number of rotatable bonds is 3. The number of likely N-dealkylation sites (N-methyl/N-ethyl adjacent to an activating group) is 1. The summed E-state index contributed by atoms with van der Waals surface area (Å²) in [5, 5.41) is 12.5. The van der Waals surface area contributed by atoms with Gasteiger partial charge in [-0.1, -0.05) is 16.8 Å². The highest BCUT2D eigenvalue weighted by Crippen LogP contribution is 2.23. The van der Waals surface area contributed by atoms with Crippen molar-refractivity contribution in [2.45, 2.75) is 6.04 Å². The van der Waals surface area contributed by atoms with Gasteiger partial charge in [-0.3, -0.25) is 4.90 Å².